The smallest absolute Gasteiger partial charge is 0.115 e. The molecule has 0 aromatic heterocycles. The minimum atomic E-state index is 0. The second-order valence-electron chi connectivity index (χ2n) is 6.35. The van der Waals surface area contributed by atoms with Gasteiger partial charge >= 0.3 is 0 Å². The standard InChI is InChI=1S/C16H23NO.BrH/c1-16-8-4-2-3-5-12(15(16)17)9-11-6-7-13(18)10-14(11)16;/h6-7,10,12,15,18H,2-5,8-9,17H2,1H3;1H/t12-,15-,16+;/m0./s1. The molecule has 1 aromatic carbocycles. The lowest BCUT2D eigenvalue weighted by Crippen LogP contribution is -2.52. The van der Waals surface area contributed by atoms with Crippen LogP contribution in [0.1, 0.15) is 50.2 Å². The summed E-state index contributed by atoms with van der Waals surface area (Å²) >= 11 is 0. The fourth-order valence-electron chi connectivity index (χ4n) is 4.04. The summed E-state index contributed by atoms with van der Waals surface area (Å²) in [5.41, 5.74) is 9.33. The van der Waals surface area contributed by atoms with Gasteiger partial charge in [-0.05, 0) is 48.4 Å². The Morgan fingerprint density at radius 3 is 2.84 bits per heavy atom. The molecule has 2 bridgehead atoms. The van der Waals surface area contributed by atoms with Crippen molar-refractivity contribution in [3.63, 3.8) is 0 Å². The van der Waals surface area contributed by atoms with Crippen molar-refractivity contribution in [1.29, 1.82) is 0 Å². The van der Waals surface area contributed by atoms with Crippen LogP contribution in [0.2, 0.25) is 0 Å². The Morgan fingerprint density at radius 2 is 2.05 bits per heavy atom. The molecule has 0 amide bonds. The summed E-state index contributed by atoms with van der Waals surface area (Å²) in [6.45, 7) is 2.30. The van der Waals surface area contributed by atoms with Crippen LogP contribution in [0.5, 0.6) is 5.75 Å². The average molecular weight is 326 g/mol. The van der Waals surface area contributed by atoms with Crippen LogP contribution in [0.4, 0.5) is 0 Å². The third-order valence-electron chi connectivity index (χ3n) is 5.21. The Balaban J connectivity index is 0.00000133. The quantitative estimate of drug-likeness (QED) is 0.764. The van der Waals surface area contributed by atoms with E-state index in [1.54, 1.807) is 0 Å². The van der Waals surface area contributed by atoms with Gasteiger partial charge in [-0.25, -0.2) is 0 Å². The van der Waals surface area contributed by atoms with Crippen LogP contribution in [-0.4, -0.2) is 11.1 Å². The molecule has 3 N–H and O–H groups in total. The maximum atomic E-state index is 9.77. The SMILES string of the molecule is Br.C[C@@]12CCCCC[C@@H](Cc3ccc(O)cc31)[C@@H]2N. The average Bonchev–Trinajstić information content (AvgIpc) is 2.35. The summed E-state index contributed by atoms with van der Waals surface area (Å²) in [6, 6.07) is 6.11. The number of hydrogen-bond acceptors (Lipinski definition) is 2. The molecular weight excluding hydrogens is 302 g/mol. The van der Waals surface area contributed by atoms with Crippen molar-refractivity contribution in [2.45, 2.75) is 56.9 Å². The first-order valence-electron chi connectivity index (χ1n) is 7.19. The summed E-state index contributed by atoms with van der Waals surface area (Å²) in [5.74, 6) is 0.995. The molecule has 0 unspecified atom stereocenters. The second-order valence-corrected chi connectivity index (χ2v) is 6.35. The van der Waals surface area contributed by atoms with E-state index in [4.69, 9.17) is 5.73 Å². The maximum absolute atomic E-state index is 9.77. The molecule has 19 heavy (non-hydrogen) atoms. The molecule has 0 radical (unpaired) electrons. The molecule has 2 aliphatic carbocycles. The zero-order valence-corrected chi connectivity index (χ0v) is 13.3. The van der Waals surface area contributed by atoms with Crippen molar-refractivity contribution < 1.29 is 5.11 Å². The first-order valence-corrected chi connectivity index (χ1v) is 7.19. The third-order valence-corrected chi connectivity index (χ3v) is 5.21. The van der Waals surface area contributed by atoms with Gasteiger partial charge in [-0.3, -0.25) is 0 Å². The number of phenolic OH excluding ortho intramolecular Hbond substituents is 1. The van der Waals surface area contributed by atoms with Crippen molar-refractivity contribution in [3.8, 4) is 5.75 Å². The molecule has 3 heteroatoms. The Kier molecular flexibility index (Phi) is 4.26. The van der Waals surface area contributed by atoms with E-state index in [2.05, 4.69) is 13.0 Å². The largest absolute Gasteiger partial charge is 0.508 e. The van der Waals surface area contributed by atoms with Gasteiger partial charge < -0.3 is 10.8 Å². The minimum absolute atomic E-state index is 0. The normalized spacial score (nSPS) is 33.6. The topological polar surface area (TPSA) is 46.2 Å². The van der Waals surface area contributed by atoms with Gasteiger partial charge in [0.15, 0.2) is 0 Å². The molecule has 1 fully saturated rings. The number of fused-ring (bicyclic) bond motifs is 4. The van der Waals surface area contributed by atoms with E-state index in [0.717, 1.165) is 12.8 Å². The Labute approximate surface area is 126 Å². The lowest BCUT2D eigenvalue weighted by Gasteiger charge is -2.47. The summed E-state index contributed by atoms with van der Waals surface area (Å²) in [4.78, 5) is 0. The minimum Gasteiger partial charge on any atom is -0.508 e. The highest BCUT2D eigenvalue weighted by atomic mass is 79.9. The number of benzene rings is 1. The predicted molar refractivity (Wildman–Crippen MR) is 84.0 cm³/mol. The summed E-state index contributed by atoms with van der Waals surface area (Å²) in [7, 11) is 0. The maximum Gasteiger partial charge on any atom is 0.115 e. The van der Waals surface area contributed by atoms with Crippen LogP contribution < -0.4 is 5.73 Å². The second kappa shape index (κ2) is 5.45. The highest BCUT2D eigenvalue weighted by molar-refractivity contribution is 8.93. The van der Waals surface area contributed by atoms with E-state index < -0.39 is 0 Å². The van der Waals surface area contributed by atoms with Gasteiger partial charge in [0.1, 0.15) is 5.75 Å². The lowest BCUT2D eigenvalue weighted by atomic mass is 9.60. The van der Waals surface area contributed by atoms with E-state index in [9.17, 15) is 5.11 Å². The fourth-order valence-corrected chi connectivity index (χ4v) is 4.04. The number of hydrogen-bond donors (Lipinski definition) is 2. The van der Waals surface area contributed by atoms with Crippen molar-refractivity contribution in [2.24, 2.45) is 11.7 Å². The van der Waals surface area contributed by atoms with Crippen LogP contribution in [0.25, 0.3) is 0 Å². The number of aromatic hydroxyl groups is 1. The van der Waals surface area contributed by atoms with Gasteiger partial charge in [0.25, 0.3) is 0 Å². The van der Waals surface area contributed by atoms with Gasteiger partial charge in [0.2, 0.25) is 0 Å². The summed E-state index contributed by atoms with van der Waals surface area (Å²) in [5, 5.41) is 9.77. The van der Waals surface area contributed by atoms with Crippen molar-refractivity contribution in [3.05, 3.63) is 29.3 Å². The van der Waals surface area contributed by atoms with Crippen LogP contribution in [-0.2, 0) is 11.8 Å². The van der Waals surface area contributed by atoms with Crippen molar-refractivity contribution in [1.82, 2.24) is 0 Å². The van der Waals surface area contributed by atoms with Gasteiger partial charge in [-0.1, -0.05) is 32.3 Å². The van der Waals surface area contributed by atoms with E-state index in [1.165, 1.54) is 36.8 Å². The molecule has 1 saturated carbocycles. The molecule has 2 nitrogen and oxygen atoms in total. The molecule has 2 aliphatic rings. The third kappa shape index (κ3) is 2.43. The molecule has 3 rings (SSSR count). The molecule has 1 aromatic rings. The van der Waals surface area contributed by atoms with Crippen LogP contribution in [0.3, 0.4) is 0 Å². The number of halogens is 1. The summed E-state index contributed by atoms with van der Waals surface area (Å²) in [6.07, 6.45) is 7.41. The first-order chi connectivity index (χ1) is 8.61. The Morgan fingerprint density at radius 1 is 1.26 bits per heavy atom. The Bertz CT molecular complexity index is 462. The van der Waals surface area contributed by atoms with E-state index in [-0.39, 0.29) is 28.4 Å². The van der Waals surface area contributed by atoms with Gasteiger partial charge in [-0.15, -0.1) is 17.0 Å². The van der Waals surface area contributed by atoms with Crippen LogP contribution in [0.15, 0.2) is 18.2 Å². The monoisotopic (exact) mass is 325 g/mol. The predicted octanol–water partition coefficient (Wildman–Crippen LogP) is 3.69. The van der Waals surface area contributed by atoms with Gasteiger partial charge in [0.05, 0.1) is 0 Å². The zero-order chi connectivity index (χ0) is 12.8. The van der Waals surface area contributed by atoms with Gasteiger partial charge in [-0.2, -0.15) is 0 Å². The summed E-state index contributed by atoms with van der Waals surface area (Å²) < 4.78 is 0. The van der Waals surface area contributed by atoms with Crippen LogP contribution in [0, 0.1) is 5.92 Å². The molecule has 0 aliphatic heterocycles. The Hall–Kier alpha value is -0.540. The molecule has 106 valence electrons. The lowest BCUT2D eigenvalue weighted by molar-refractivity contribution is 0.201. The molecule has 3 atom stereocenters. The van der Waals surface area contributed by atoms with Crippen molar-refractivity contribution in [2.75, 3.05) is 0 Å². The van der Waals surface area contributed by atoms with E-state index in [1.807, 2.05) is 12.1 Å². The molecule has 0 spiro atoms. The highest BCUT2D eigenvalue weighted by Crippen LogP contribution is 2.46. The molecule has 0 saturated heterocycles. The number of phenols is 1. The fraction of sp³-hybridized carbons (Fsp3) is 0.625. The molecule has 0 heterocycles. The first kappa shape index (κ1) is 14.9. The number of rotatable bonds is 0. The van der Waals surface area contributed by atoms with E-state index in [0.29, 0.717) is 11.7 Å². The van der Waals surface area contributed by atoms with Crippen molar-refractivity contribution >= 4 is 17.0 Å². The highest BCUT2D eigenvalue weighted by Gasteiger charge is 2.43. The number of nitrogens with two attached hydrogens (primary N) is 1. The van der Waals surface area contributed by atoms with Gasteiger partial charge in [0, 0.05) is 11.5 Å². The molecular formula is C16H24BrNO. The van der Waals surface area contributed by atoms with E-state index >= 15 is 0 Å². The van der Waals surface area contributed by atoms with Crippen LogP contribution >= 0.6 is 17.0 Å². The zero-order valence-electron chi connectivity index (χ0n) is 11.6.